The summed E-state index contributed by atoms with van der Waals surface area (Å²) in [4.78, 5) is 16.5. The number of hydrogen-bond donors (Lipinski definition) is 0. The SMILES string of the molecule is CC(=O)C1=CN=CN(C)C1. The largest absolute Gasteiger partial charge is 0.361 e. The van der Waals surface area contributed by atoms with E-state index in [1.54, 1.807) is 19.5 Å². The predicted octanol–water partition coefficient (Wildman–Crippen LogP) is 0.433. The van der Waals surface area contributed by atoms with Crippen LogP contribution in [0, 0.1) is 0 Å². The summed E-state index contributed by atoms with van der Waals surface area (Å²) in [5.41, 5.74) is 0.769. The van der Waals surface area contributed by atoms with E-state index in [-0.39, 0.29) is 5.78 Å². The number of carbonyl (C=O) groups excluding carboxylic acids is 1. The zero-order valence-electron chi connectivity index (χ0n) is 6.16. The summed E-state index contributed by atoms with van der Waals surface area (Å²) in [7, 11) is 1.89. The summed E-state index contributed by atoms with van der Waals surface area (Å²) in [5, 5.41) is 0. The fraction of sp³-hybridized carbons (Fsp3) is 0.429. The minimum absolute atomic E-state index is 0.101. The van der Waals surface area contributed by atoms with Crippen molar-refractivity contribution in [3.63, 3.8) is 0 Å². The normalized spacial score (nSPS) is 17.0. The molecule has 1 aliphatic heterocycles. The molecular formula is C7H10N2O. The Labute approximate surface area is 60.1 Å². The van der Waals surface area contributed by atoms with Gasteiger partial charge in [0.05, 0.1) is 6.34 Å². The summed E-state index contributed by atoms with van der Waals surface area (Å²) < 4.78 is 0. The average molecular weight is 138 g/mol. The number of rotatable bonds is 1. The average Bonchev–Trinajstić information content (AvgIpc) is 1.88. The van der Waals surface area contributed by atoms with E-state index >= 15 is 0 Å². The van der Waals surface area contributed by atoms with E-state index in [2.05, 4.69) is 4.99 Å². The second-order valence-electron chi connectivity index (χ2n) is 2.39. The van der Waals surface area contributed by atoms with E-state index in [0.717, 1.165) is 5.57 Å². The van der Waals surface area contributed by atoms with Gasteiger partial charge in [0.15, 0.2) is 5.78 Å². The summed E-state index contributed by atoms with van der Waals surface area (Å²) >= 11 is 0. The molecule has 0 atom stereocenters. The Kier molecular flexibility index (Phi) is 1.85. The van der Waals surface area contributed by atoms with Crippen LogP contribution >= 0.6 is 0 Å². The first kappa shape index (κ1) is 6.99. The molecule has 1 heterocycles. The number of hydrogen-bond acceptors (Lipinski definition) is 3. The standard InChI is InChI=1S/C7H10N2O/c1-6(10)7-3-8-5-9(2)4-7/h3,5H,4H2,1-2H3. The van der Waals surface area contributed by atoms with Gasteiger partial charge in [-0.3, -0.25) is 4.79 Å². The minimum atomic E-state index is 0.101. The molecule has 0 aliphatic carbocycles. The lowest BCUT2D eigenvalue weighted by Gasteiger charge is -2.16. The van der Waals surface area contributed by atoms with Gasteiger partial charge in [-0.15, -0.1) is 0 Å². The lowest BCUT2D eigenvalue weighted by atomic mass is 10.2. The quantitative estimate of drug-likeness (QED) is 0.526. The molecule has 3 heteroatoms. The van der Waals surface area contributed by atoms with Gasteiger partial charge in [-0.2, -0.15) is 0 Å². The lowest BCUT2D eigenvalue weighted by Crippen LogP contribution is -2.24. The van der Waals surface area contributed by atoms with Gasteiger partial charge in [-0.1, -0.05) is 0 Å². The third kappa shape index (κ3) is 1.43. The molecular weight excluding hydrogens is 128 g/mol. The highest BCUT2D eigenvalue weighted by Crippen LogP contribution is 2.02. The third-order valence-electron chi connectivity index (χ3n) is 1.37. The maximum atomic E-state index is 10.8. The maximum Gasteiger partial charge on any atom is 0.159 e. The molecule has 0 saturated carbocycles. The van der Waals surface area contributed by atoms with Crippen molar-refractivity contribution in [2.24, 2.45) is 4.99 Å². The lowest BCUT2D eigenvalue weighted by molar-refractivity contribution is -0.113. The number of likely N-dealkylation sites (N-methyl/N-ethyl adjacent to an activating group) is 1. The van der Waals surface area contributed by atoms with Gasteiger partial charge < -0.3 is 4.90 Å². The monoisotopic (exact) mass is 138 g/mol. The molecule has 1 rings (SSSR count). The fourth-order valence-electron chi connectivity index (χ4n) is 0.790. The Morgan fingerprint density at radius 2 is 2.50 bits per heavy atom. The summed E-state index contributed by atoms with van der Waals surface area (Å²) in [5.74, 6) is 0.101. The van der Waals surface area contributed by atoms with Crippen molar-refractivity contribution in [2.45, 2.75) is 6.92 Å². The van der Waals surface area contributed by atoms with Gasteiger partial charge in [-0.05, 0) is 6.92 Å². The number of carbonyl (C=O) groups is 1. The van der Waals surface area contributed by atoms with Crippen LogP contribution in [0.5, 0.6) is 0 Å². The summed E-state index contributed by atoms with van der Waals surface area (Å²) in [6, 6.07) is 0. The molecule has 0 aromatic heterocycles. The van der Waals surface area contributed by atoms with E-state index < -0.39 is 0 Å². The summed E-state index contributed by atoms with van der Waals surface area (Å²) in [6.07, 6.45) is 3.31. The van der Waals surface area contributed by atoms with Gasteiger partial charge in [0, 0.05) is 25.4 Å². The highest BCUT2D eigenvalue weighted by atomic mass is 16.1. The molecule has 0 unspecified atom stereocenters. The summed E-state index contributed by atoms with van der Waals surface area (Å²) in [6.45, 7) is 2.24. The molecule has 0 saturated heterocycles. The topological polar surface area (TPSA) is 32.7 Å². The van der Waals surface area contributed by atoms with Crippen molar-refractivity contribution >= 4 is 12.1 Å². The molecule has 0 aromatic carbocycles. The Balaban J connectivity index is 2.71. The van der Waals surface area contributed by atoms with Crippen LogP contribution in [0.25, 0.3) is 0 Å². The third-order valence-corrected chi connectivity index (χ3v) is 1.37. The molecule has 0 aromatic rings. The van der Waals surface area contributed by atoms with Crippen LogP contribution in [0.1, 0.15) is 6.92 Å². The fourth-order valence-corrected chi connectivity index (χ4v) is 0.790. The highest BCUT2D eigenvalue weighted by Gasteiger charge is 2.07. The van der Waals surface area contributed by atoms with Crippen molar-refractivity contribution in [2.75, 3.05) is 13.6 Å². The van der Waals surface area contributed by atoms with E-state index in [9.17, 15) is 4.79 Å². The van der Waals surface area contributed by atoms with Gasteiger partial charge in [0.25, 0.3) is 0 Å². The van der Waals surface area contributed by atoms with Crippen molar-refractivity contribution < 1.29 is 4.79 Å². The first-order chi connectivity index (χ1) is 4.70. The number of ketones is 1. The molecule has 0 fully saturated rings. The van der Waals surface area contributed by atoms with Crippen molar-refractivity contribution in [1.29, 1.82) is 0 Å². The Morgan fingerprint density at radius 3 is 2.90 bits per heavy atom. The molecule has 54 valence electrons. The number of aliphatic imine (C=N–C) groups is 1. The van der Waals surface area contributed by atoms with E-state index in [4.69, 9.17) is 0 Å². The van der Waals surface area contributed by atoms with Gasteiger partial charge in [-0.25, -0.2) is 4.99 Å². The van der Waals surface area contributed by atoms with Crippen LogP contribution in [0.4, 0.5) is 0 Å². The van der Waals surface area contributed by atoms with E-state index in [0.29, 0.717) is 6.54 Å². The Bertz CT molecular complexity index is 206. The zero-order chi connectivity index (χ0) is 7.56. The van der Waals surface area contributed by atoms with Crippen LogP contribution in [-0.4, -0.2) is 30.6 Å². The predicted molar refractivity (Wildman–Crippen MR) is 39.9 cm³/mol. The van der Waals surface area contributed by atoms with Crippen molar-refractivity contribution in [1.82, 2.24) is 4.90 Å². The smallest absolute Gasteiger partial charge is 0.159 e. The van der Waals surface area contributed by atoms with Gasteiger partial charge >= 0.3 is 0 Å². The van der Waals surface area contributed by atoms with Crippen LogP contribution < -0.4 is 0 Å². The van der Waals surface area contributed by atoms with Gasteiger partial charge in [0.1, 0.15) is 0 Å². The van der Waals surface area contributed by atoms with Crippen LogP contribution in [0.2, 0.25) is 0 Å². The molecule has 0 radical (unpaired) electrons. The first-order valence-corrected chi connectivity index (χ1v) is 3.13. The molecule has 0 bridgehead atoms. The molecule has 0 spiro atoms. The molecule has 3 nitrogen and oxygen atoms in total. The maximum absolute atomic E-state index is 10.8. The Morgan fingerprint density at radius 1 is 1.80 bits per heavy atom. The Hall–Kier alpha value is -1.12. The second-order valence-corrected chi connectivity index (χ2v) is 2.39. The van der Waals surface area contributed by atoms with Gasteiger partial charge in [0.2, 0.25) is 0 Å². The zero-order valence-corrected chi connectivity index (χ0v) is 6.16. The molecule has 0 amide bonds. The van der Waals surface area contributed by atoms with Crippen molar-refractivity contribution in [3.05, 3.63) is 11.8 Å². The highest BCUT2D eigenvalue weighted by molar-refractivity contribution is 5.94. The van der Waals surface area contributed by atoms with Crippen LogP contribution in [-0.2, 0) is 4.79 Å². The molecule has 0 N–H and O–H groups in total. The first-order valence-electron chi connectivity index (χ1n) is 3.13. The minimum Gasteiger partial charge on any atom is -0.361 e. The van der Waals surface area contributed by atoms with Crippen LogP contribution in [0.15, 0.2) is 16.8 Å². The van der Waals surface area contributed by atoms with Crippen molar-refractivity contribution in [3.8, 4) is 0 Å². The van der Waals surface area contributed by atoms with Crippen LogP contribution in [0.3, 0.4) is 0 Å². The molecule has 10 heavy (non-hydrogen) atoms. The second kappa shape index (κ2) is 2.64. The van der Waals surface area contributed by atoms with E-state index in [1.807, 2.05) is 11.9 Å². The number of nitrogens with zero attached hydrogens (tertiary/aromatic N) is 2. The molecule has 1 aliphatic rings. The van der Waals surface area contributed by atoms with E-state index in [1.165, 1.54) is 0 Å². The number of Topliss-reactive ketones (excluding diaryl/α,β-unsaturated/α-hetero) is 1.